The van der Waals surface area contributed by atoms with E-state index in [0.717, 1.165) is 5.56 Å². The van der Waals surface area contributed by atoms with Crippen molar-refractivity contribution < 1.29 is 9.18 Å². The molecule has 20 heavy (non-hydrogen) atoms. The predicted octanol–water partition coefficient (Wildman–Crippen LogP) is 3.43. The first-order chi connectivity index (χ1) is 9.49. The quantitative estimate of drug-likeness (QED) is 0.907. The summed E-state index contributed by atoms with van der Waals surface area (Å²) in [6.07, 6.45) is 0. The molecule has 0 aromatic heterocycles. The van der Waals surface area contributed by atoms with Gasteiger partial charge in [0.2, 0.25) is 5.91 Å². The highest BCUT2D eigenvalue weighted by Crippen LogP contribution is 2.27. The molecule has 0 radical (unpaired) electrons. The second-order valence-corrected chi connectivity index (χ2v) is 4.87. The van der Waals surface area contributed by atoms with Crippen molar-refractivity contribution >= 4 is 23.2 Å². The molecule has 0 bridgehead atoms. The molecular formula is C15H14ClFN2O. The summed E-state index contributed by atoms with van der Waals surface area (Å²) in [5.74, 6) is -1.02. The van der Waals surface area contributed by atoms with E-state index in [-0.39, 0.29) is 0 Å². The van der Waals surface area contributed by atoms with E-state index in [1.807, 2.05) is 0 Å². The van der Waals surface area contributed by atoms with Crippen LogP contribution in [0, 0.1) is 12.7 Å². The molecule has 0 aliphatic heterocycles. The van der Waals surface area contributed by atoms with E-state index in [1.54, 1.807) is 37.3 Å². The summed E-state index contributed by atoms with van der Waals surface area (Å²) in [5, 5.41) is 3.42. The number of rotatable bonds is 4. The number of hydrogen-bond acceptors (Lipinski definition) is 2. The predicted molar refractivity (Wildman–Crippen MR) is 78.1 cm³/mol. The van der Waals surface area contributed by atoms with Gasteiger partial charge in [0.05, 0.1) is 10.7 Å². The van der Waals surface area contributed by atoms with E-state index in [9.17, 15) is 9.18 Å². The molecule has 3 nitrogen and oxygen atoms in total. The lowest BCUT2D eigenvalue weighted by Gasteiger charge is -2.20. The first-order valence-corrected chi connectivity index (χ1v) is 6.43. The minimum atomic E-state index is -0.842. The molecule has 0 heterocycles. The minimum absolute atomic E-state index is 0.419. The number of primary amides is 1. The van der Waals surface area contributed by atoms with Crippen LogP contribution in [-0.2, 0) is 4.79 Å². The lowest BCUT2D eigenvalue weighted by Crippen LogP contribution is -2.28. The van der Waals surface area contributed by atoms with E-state index in [2.05, 4.69) is 5.32 Å². The summed E-state index contributed by atoms with van der Waals surface area (Å²) < 4.78 is 13.4. The number of amides is 1. The highest BCUT2D eigenvalue weighted by molar-refractivity contribution is 6.33. The summed E-state index contributed by atoms with van der Waals surface area (Å²) in [6, 6.07) is 10.4. The van der Waals surface area contributed by atoms with Gasteiger partial charge in [0.15, 0.2) is 0 Å². The Morgan fingerprint density at radius 1 is 1.30 bits per heavy atom. The van der Waals surface area contributed by atoms with Gasteiger partial charge < -0.3 is 11.1 Å². The van der Waals surface area contributed by atoms with Crippen molar-refractivity contribution in [1.29, 1.82) is 0 Å². The monoisotopic (exact) mass is 292 g/mol. The van der Waals surface area contributed by atoms with Gasteiger partial charge in [0.1, 0.15) is 11.9 Å². The van der Waals surface area contributed by atoms with Crippen molar-refractivity contribution in [2.75, 3.05) is 5.32 Å². The number of aryl methyl sites for hydroxylation is 1. The maximum atomic E-state index is 13.4. The molecule has 0 aliphatic rings. The fourth-order valence-electron chi connectivity index (χ4n) is 1.96. The zero-order chi connectivity index (χ0) is 14.7. The molecule has 5 heteroatoms. The highest BCUT2D eigenvalue weighted by atomic mass is 35.5. The molecule has 0 saturated carbocycles. The molecule has 3 N–H and O–H groups in total. The topological polar surface area (TPSA) is 55.1 Å². The molecule has 0 aliphatic carbocycles. The SMILES string of the molecule is Cc1ccc(F)cc1C(Nc1ccccc1Cl)C(N)=O. The van der Waals surface area contributed by atoms with Gasteiger partial charge in [-0.15, -0.1) is 0 Å². The summed E-state index contributed by atoms with van der Waals surface area (Å²) in [5.41, 5.74) is 7.26. The van der Waals surface area contributed by atoms with E-state index >= 15 is 0 Å². The number of para-hydroxylation sites is 1. The zero-order valence-electron chi connectivity index (χ0n) is 10.9. The van der Waals surface area contributed by atoms with Gasteiger partial charge >= 0.3 is 0 Å². The van der Waals surface area contributed by atoms with Crippen LogP contribution in [0.5, 0.6) is 0 Å². The van der Waals surface area contributed by atoms with Crippen LogP contribution < -0.4 is 11.1 Å². The Labute approximate surface area is 121 Å². The Morgan fingerprint density at radius 3 is 2.65 bits per heavy atom. The molecule has 2 rings (SSSR count). The third-order valence-corrected chi connectivity index (χ3v) is 3.34. The third-order valence-electron chi connectivity index (χ3n) is 3.01. The Morgan fingerprint density at radius 2 is 2.00 bits per heavy atom. The summed E-state index contributed by atoms with van der Waals surface area (Å²) >= 11 is 6.04. The van der Waals surface area contributed by atoms with Crippen molar-refractivity contribution in [3.8, 4) is 0 Å². The van der Waals surface area contributed by atoms with Crippen LogP contribution >= 0.6 is 11.6 Å². The molecule has 104 valence electrons. The number of anilines is 1. The van der Waals surface area contributed by atoms with E-state index in [1.165, 1.54) is 12.1 Å². The molecule has 1 amide bonds. The Hall–Kier alpha value is -2.07. The molecule has 0 spiro atoms. The van der Waals surface area contributed by atoms with Crippen LogP contribution in [0.1, 0.15) is 17.2 Å². The maximum Gasteiger partial charge on any atom is 0.244 e. The minimum Gasteiger partial charge on any atom is -0.369 e. The van der Waals surface area contributed by atoms with E-state index < -0.39 is 17.8 Å². The number of benzene rings is 2. The van der Waals surface area contributed by atoms with Crippen molar-refractivity contribution in [2.45, 2.75) is 13.0 Å². The van der Waals surface area contributed by atoms with E-state index in [4.69, 9.17) is 17.3 Å². The summed E-state index contributed by atoms with van der Waals surface area (Å²) in [6.45, 7) is 1.79. The van der Waals surface area contributed by atoms with Crippen molar-refractivity contribution in [2.24, 2.45) is 5.73 Å². The molecule has 1 unspecified atom stereocenters. The Balaban J connectivity index is 2.40. The van der Waals surface area contributed by atoms with Crippen molar-refractivity contribution in [3.05, 3.63) is 64.4 Å². The third kappa shape index (κ3) is 3.08. The lowest BCUT2D eigenvalue weighted by molar-refractivity contribution is -0.118. The van der Waals surface area contributed by atoms with Crippen LogP contribution in [0.2, 0.25) is 5.02 Å². The van der Waals surface area contributed by atoms with Gasteiger partial charge in [-0.3, -0.25) is 4.79 Å². The number of halogens is 2. The molecule has 2 aromatic rings. The van der Waals surface area contributed by atoms with Gasteiger partial charge in [-0.1, -0.05) is 29.8 Å². The van der Waals surface area contributed by atoms with Crippen LogP contribution in [0.15, 0.2) is 42.5 Å². The highest BCUT2D eigenvalue weighted by Gasteiger charge is 2.21. The van der Waals surface area contributed by atoms with Crippen LogP contribution in [0.4, 0.5) is 10.1 Å². The molecule has 1 atom stereocenters. The Bertz CT molecular complexity index is 646. The first-order valence-electron chi connectivity index (χ1n) is 6.05. The van der Waals surface area contributed by atoms with E-state index in [0.29, 0.717) is 16.3 Å². The van der Waals surface area contributed by atoms with Crippen LogP contribution in [-0.4, -0.2) is 5.91 Å². The number of nitrogens with one attached hydrogen (secondary N) is 1. The maximum absolute atomic E-state index is 13.4. The van der Waals surface area contributed by atoms with Gasteiger partial charge in [-0.05, 0) is 42.3 Å². The fraction of sp³-hybridized carbons (Fsp3) is 0.133. The second kappa shape index (κ2) is 5.92. The summed E-state index contributed by atoms with van der Waals surface area (Å²) in [4.78, 5) is 11.7. The van der Waals surface area contributed by atoms with Crippen LogP contribution in [0.25, 0.3) is 0 Å². The molecule has 0 fully saturated rings. The molecular weight excluding hydrogens is 279 g/mol. The number of carbonyl (C=O) groups excluding carboxylic acids is 1. The van der Waals surface area contributed by atoms with Gasteiger partial charge in [0, 0.05) is 0 Å². The standard InChI is InChI=1S/C15H14ClFN2O/c1-9-6-7-10(17)8-11(9)14(15(18)20)19-13-5-3-2-4-12(13)16/h2-8,14,19H,1H3,(H2,18,20). The smallest absolute Gasteiger partial charge is 0.244 e. The zero-order valence-corrected chi connectivity index (χ0v) is 11.6. The van der Waals surface area contributed by atoms with Crippen molar-refractivity contribution in [1.82, 2.24) is 0 Å². The van der Waals surface area contributed by atoms with Gasteiger partial charge in [-0.2, -0.15) is 0 Å². The van der Waals surface area contributed by atoms with Crippen molar-refractivity contribution in [3.63, 3.8) is 0 Å². The average molecular weight is 293 g/mol. The second-order valence-electron chi connectivity index (χ2n) is 4.46. The van der Waals surface area contributed by atoms with Gasteiger partial charge in [0.25, 0.3) is 0 Å². The molecule has 2 aromatic carbocycles. The molecule has 0 saturated heterocycles. The Kier molecular flexibility index (Phi) is 4.25. The largest absolute Gasteiger partial charge is 0.369 e. The number of nitrogens with two attached hydrogens (primary N) is 1. The fourth-order valence-corrected chi connectivity index (χ4v) is 2.15. The summed E-state index contributed by atoms with van der Waals surface area (Å²) in [7, 11) is 0. The number of hydrogen-bond donors (Lipinski definition) is 2. The number of carbonyl (C=O) groups is 1. The lowest BCUT2D eigenvalue weighted by atomic mass is 10.00. The normalized spacial score (nSPS) is 11.9. The average Bonchev–Trinajstić information content (AvgIpc) is 2.40. The first kappa shape index (κ1) is 14.3. The van der Waals surface area contributed by atoms with Crippen LogP contribution in [0.3, 0.4) is 0 Å². The van der Waals surface area contributed by atoms with Gasteiger partial charge in [-0.25, -0.2) is 4.39 Å².